The summed E-state index contributed by atoms with van der Waals surface area (Å²) in [5, 5.41) is 0. The molecule has 11 heavy (non-hydrogen) atoms. The number of carbonyl (C=O) groups is 1. The summed E-state index contributed by atoms with van der Waals surface area (Å²) in [7, 11) is 0. The largest absolute Gasteiger partial charge is 0.466 e. The Hall–Kier alpha value is -0.570. The summed E-state index contributed by atoms with van der Waals surface area (Å²) in [6.45, 7) is 3.14. The van der Waals surface area contributed by atoms with Crippen LogP contribution in [0.1, 0.15) is 13.3 Å². The molecule has 1 saturated heterocycles. The maximum Gasteiger partial charge on any atom is 0.311 e. The second kappa shape index (κ2) is 2.48. The lowest BCUT2D eigenvalue weighted by Crippen LogP contribution is -2.12. The fourth-order valence-electron chi connectivity index (χ4n) is 1.80. The van der Waals surface area contributed by atoms with Gasteiger partial charge in [-0.15, -0.1) is 0 Å². The highest BCUT2D eigenvalue weighted by Crippen LogP contribution is 2.49. The molecule has 2 fully saturated rings. The Morgan fingerprint density at radius 1 is 1.73 bits per heavy atom. The standard InChI is InChI=1S/C8H12O3/c1-2-10-8(9)6-5-3-4-11-7(5)6/h5-7H,2-4H2,1H3/t5-,6?,7-/m0/s1. The smallest absolute Gasteiger partial charge is 0.311 e. The lowest BCUT2D eigenvalue weighted by molar-refractivity contribution is -0.146. The van der Waals surface area contributed by atoms with Crippen molar-refractivity contribution in [3.8, 4) is 0 Å². The molecule has 0 aromatic rings. The lowest BCUT2D eigenvalue weighted by Gasteiger charge is -2.02. The van der Waals surface area contributed by atoms with E-state index in [1.807, 2.05) is 6.92 Å². The van der Waals surface area contributed by atoms with Crippen LogP contribution in [0.15, 0.2) is 0 Å². The van der Waals surface area contributed by atoms with Crippen LogP contribution >= 0.6 is 0 Å². The summed E-state index contributed by atoms with van der Waals surface area (Å²) >= 11 is 0. The van der Waals surface area contributed by atoms with Gasteiger partial charge in [0.05, 0.1) is 18.6 Å². The molecule has 2 rings (SSSR count). The van der Waals surface area contributed by atoms with Gasteiger partial charge in [0.2, 0.25) is 0 Å². The van der Waals surface area contributed by atoms with Gasteiger partial charge in [0.25, 0.3) is 0 Å². The third-order valence-corrected chi connectivity index (χ3v) is 2.42. The first kappa shape index (κ1) is 7.10. The van der Waals surface area contributed by atoms with Crippen LogP contribution in [0.2, 0.25) is 0 Å². The molecule has 1 aliphatic heterocycles. The van der Waals surface area contributed by atoms with Crippen LogP contribution in [0.5, 0.6) is 0 Å². The Labute approximate surface area is 65.7 Å². The highest BCUT2D eigenvalue weighted by molar-refractivity contribution is 5.77. The van der Waals surface area contributed by atoms with Crippen LogP contribution in [0.3, 0.4) is 0 Å². The van der Waals surface area contributed by atoms with Crippen LogP contribution in [-0.2, 0) is 14.3 Å². The molecule has 0 bridgehead atoms. The van der Waals surface area contributed by atoms with E-state index in [2.05, 4.69) is 0 Å². The van der Waals surface area contributed by atoms with Crippen molar-refractivity contribution in [2.45, 2.75) is 19.4 Å². The second-order valence-electron chi connectivity index (χ2n) is 3.07. The van der Waals surface area contributed by atoms with E-state index in [-0.39, 0.29) is 18.0 Å². The Morgan fingerprint density at radius 2 is 2.55 bits per heavy atom. The molecule has 1 unspecified atom stereocenters. The van der Waals surface area contributed by atoms with Gasteiger partial charge in [-0.3, -0.25) is 4.79 Å². The van der Waals surface area contributed by atoms with E-state index in [4.69, 9.17) is 9.47 Å². The molecule has 0 aromatic carbocycles. The molecule has 1 heterocycles. The van der Waals surface area contributed by atoms with E-state index < -0.39 is 0 Å². The fraction of sp³-hybridized carbons (Fsp3) is 0.875. The number of esters is 1. The molecule has 0 amide bonds. The Bertz CT molecular complexity index is 168. The van der Waals surface area contributed by atoms with Crippen LogP contribution in [0.4, 0.5) is 0 Å². The quantitative estimate of drug-likeness (QED) is 0.549. The molecule has 3 heteroatoms. The molecular weight excluding hydrogens is 144 g/mol. The van der Waals surface area contributed by atoms with E-state index in [1.165, 1.54) is 0 Å². The summed E-state index contributed by atoms with van der Waals surface area (Å²) < 4.78 is 10.2. The summed E-state index contributed by atoms with van der Waals surface area (Å²) in [6, 6.07) is 0. The van der Waals surface area contributed by atoms with Crippen molar-refractivity contribution >= 4 is 5.97 Å². The van der Waals surface area contributed by atoms with Gasteiger partial charge in [0, 0.05) is 12.5 Å². The van der Waals surface area contributed by atoms with Crippen LogP contribution < -0.4 is 0 Å². The molecule has 0 aromatic heterocycles. The zero-order chi connectivity index (χ0) is 7.84. The molecule has 3 nitrogen and oxygen atoms in total. The predicted octanol–water partition coefficient (Wildman–Crippen LogP) is 0.584. The molecule has 62 valence electrons. The van der Waals surface area contributed by atoms with Gasteiger partial charge in [0.15, 0.2) is 0 Å². The van der Waals surface area contributed by atoms with Gasteiger partial charge in [-0.05, 0) is 13.3 Å². The van der Waals surface area contributed by atoms with Gasteiger partial charge in [-0.2, -0.15) is 0 Å². The Kier molecular flexibility index (Phi) is 1.60. The van der Waals surface area contributed by atoms with Crippen LogP contribution in [0.25, 0.3) is 0 Å². The number of ether oxygens (including phenoxy) is 2. The molecule has 1 aliphatic carbocycles. The van der Waals surface area contributed by atoms with Gasteiger partial charge in [-0.1, -0.05) is 0 Å². The number of fused-ring (bicyclic) bond motifs is 1. The van der Waals surface area contributed by atoms with Crippen molar-refractivity contribution in [3.63, 3.8) is 0 Å². The van der Waals surface area contributed by atoms with E-state index in [0.717, 1.165) is 13.0 Å². The summed E-state index contributed by atoms with van der Waals surface area (Å²) in [4.78, 5) is 11.1. The SMILES string of the molecule is CCOC(=O)C1[C@H]2OCC[C@@H]12. The summed E-state index contributed by atoms with van der Waals surface area (Å²) in [5.74, 6) is 0.486. The summed E-state index contributed by atoms with van der Waals surface area (Å²) in [5.41, 5.74) is 0. The fourth-order valence-corrected chi connectivity index (χ4v) is 1.80. The van der Waals surface area contributed by atoms with E-state index >= 15 is 0 Å². The first-order chi connectivity index (χ1) is 5.34. The molecule has 2 aliphatic rings. The highest BCUT2D eigenvalue weighted by atomic mass is 16.5. The van der Waals surface area contributed by atoms with Gasteiger partial charge < -0.3 is 9.47 Å². The van der Waals surface area contributed by atoms with Gasteiger partial charge in [-0.25, -0.2) is 0 Å². The Morgan fingerprint density at radius 3 is 3.09 bits per heavy atom. The molecule has 1 saturated carbocycles. The molecule has 0 radical (unpaired) electrons. The minimum atomic E-state index is -0.0674. The van der Waals surface area contributed by atoms with Crippen molar-refractivity contribution in [1.29, 1.82) is 0 Å². The predicted molar refractivity (Wildman–Crippen MR) is 38.0 cm³/mol. The van der Waals surface area contributed by atoms with E-state index in [9.17, 15) is 4.79 Å². The molecule has 3 atom stereocenters. The average Bonchev–Trinajstić information content (AvgIpc) is 2.47. The number of hydrogen-bond donors (Lipinski definition) is 0. The maximum absolute atomic E-state index is 11.1. The third-order valence-electron chi connectivity index (χ3n) is 2.42. The van der Waals surface area contributed by atoms with Crippen molar-refractivity contribution in [1.82, 2.24) is 0 Å². The second-order valence-corrected chi connectivity index (χ2v) is 3.07. The maximum atomic E-state index is 11.1. The molecule has 0 spiro atoms. The molecule has 0 N–H and O–H groups in total. The number of hydrogen-bond acceptors (Lipinski definition) is 3. The van der Waals surface area contributed by atoms with E-state index in [1.54, 1.807) is 0 Å². The zero-order valence-corrected chi connectivity index (χ0v) is 6.58. The topological polar surface area (TPSA) is 35.5 Å². The minimum Gasteiger partial charge on any atom is -0.466 e. The monoisotopic (exact) mass is 156 g/mol. The lowest BCUT2D eigenvalue weighted by atomic mass is 10.2. The van der Waals surface area contributed by atoms with Gasteiger partial charge in [0.1, 0.15) is 0 Å². The first-order valence-corrected chi connectivity index (χ1v) is 4.13. The highest BCUT2D eigenvalue weighted by Gasteiger charge is 2.59. The van der Waals surface area contributed by atoms with Gasteiger partial charge >= 0.3 is 5.97 Å². The van der Waals surface area contributed by atoms with E-state index in [0.29, 0.717) is 12.5 Å². The zero-order valence-electron chi connectivity index (χ0n) is 6.58. The average molecular weight is 156 g/mol. The van der Waals surface area contributed by atoms with Crippen molar-refractivity contribution < 1.29 is 14.3 Å². The van der Waals surface area contributed by atoms with Crippen molar-refractivity contribution in [2.75, 3.05) is 13.2 Å². The summed E-state index contributed by atoms with van der Waals surface area (Å²) in [6.07, 6.45) is 1.24. The first-order valence-electron chi connectivity index (χ1n) is 4.13. The molecular formula is C8H12O3. The third kappa shape index (κ3) is 1.03. The Balaban J connectivity index is 1.85. The minimum absolute atomic E-state index is 0.0674. The van der Waals surface area contributed by atoms with Crippen LogP contribution in [0, 0.1) is 11.8 Å². The normalized spacial score (nSPS) is 39.9. The number of rotatable bonds is 2. The van der Waals surface area contributed by atoms with Crippen molar-refractivity contribution in [3.05, 3.63) is 0 Å². The van der Waals surface area contributed by atoms with Crippen molar-refractivity contribution in [2.24, 2.45) is 11.8 Å². The van der Waals surface area contributed by atoms with Crippen LogP contribution in [-0.4, -0.2) is 25.3 Å². The number of carbonyl (C=O) groups excluding carboxylic acids is 1.